The van der Waals surface area contributed by atoms with E-state index in [1.807, 2.05) is 28.9 Å². The van der Waals surface area contributed by atoms with E-state index in [9.17, 15) is 0 Å². The highest BCUT2D eigenvalue weighted by Crippen LogP contribution is 2.25. The lowest BCUT2D eigenvalue weighted by molar-refractivity contribution is 0.0838. The number of piperazine rings is 1. The van der Waals surface area contributed by atoms with Crippen LogP contribution in [0.5, 0.6) is 5.75 Å². The van der Waals surface area contributed by atoms with E-state index < -0.39 is 0 Å². The van der Waals surface area contributed by atoms with Crippen LogP contribution in [0.1, 0.15) is 36.5 Å². The second kappa shape index (κ2) is 9.19. The Morgan fingerprint density at radius 1 is 1.07 bits per heavy atom. The van der Waals surface area contributed by atoms with Gasteiger partial charge >= 0.3 is 0 Å². The van der Waals surface area contributed by atoms with Crippen LogP contribution < -0.4 is 4.74 Å². The number of methoxy groups -OCH3 is 1. The second-order valence-corrected chi connectivity index (χ2v) is 7.32. The zero-order valence-electron chi connectivity index (χ0n) is 17.1. The Balaban J connectivity index is 1.39. The molecule has 0 amide bonds. The van der Waals surface area contributed by atoms with Crippen LogP contribution in [-0.4, -0.2) is 63.3 Å². The molecule has 2 aromatic heterocycles. The molecule has 0 N–H and O–H groups in total. The van der Waals surface area contributed by atoms with Crippen molar-refractivity contribution in [1.29, 1.82) is 0 Å². The summed E-state index contributed by atoms with van der Waals surface area (Å²) in [6.45, 7) is 7.65. The fraction of sp³-hybridized carbons (Fsp3) is 0.476. The average Bonchev–Trinajstić information content (AvgIpc) is 3.43. The van der Waals surface area contributed by atoms with Gasteiger partial charge in [0.25, 0.3) is 0 Å². The molecule has 0 radical (unpaired) electrons. The number of tetrazole rings is 1. The van der Waals surface area contributed by atoms with E-state index >= 15 is 0 Å². The minimum Gasteiger partial charge on any atom is -0.496 e. The van der Waals surface area contributed by atoms with Crippen molar-refractivity contribution >= 4 is 0 Å². The molecule has 1 aliphatic heterocycles. The predicted molar refractivity (Wildman–Crippen MR) is 109 cm³/mol. The van der Waals surface area contributed by atoms with Crippen molar-refractivity contribution in [2.75, 3.05) is 33.3 Å². The van der Waals surface area contributed by atoms with Crippen molar-refractivity contribution < 1.29 is 9.15 Å². The van der Waals surface area contributed by atoms with Crippen LogP contribution in [0.2, 0.25) is 0 Å². The minimum atomic E-state index is 0.202. The standard InChI is InChI=1S/C21H28N6O2/c1-3-19(21-22-23-24-27(21)16-18-8-6-14-29-18)26-12-10-25(11-13-26)15-17-7-4-5-9-20(17)28-2/h4-9,14,19H,3,10-13,15-16H2,1-2H3/t19-/m0/s1. The van der Waals surface area contributed by atoms with Crippen molar-refractivity contribution in [3.05, 3.63) is 59.8 Å². The largest absolute Gasteiger partial charge is 0.496 e. The van der Waals surface area contributed by atoms with E-state index in [0.29, 0.717) is 6.54 Å². The summed E-state index contributed by atoms with van der Waals surface area (Å²) in [5.41, 5.74) is 1.23. The lowest BCUT2D eigenvalue weighted by Crippen LogP contribution is -2.47. The van der Waals surface area contributed by atoms with Crippen molar-refractivity contribution in [1.82, 2.24) is 30.0 Å². The number of rotatable bonds is 8. The molecule has 0 unspecified atom stereocenters. The molecule has 0 saturated carbocycles. The SMILES string of the molecule is CC[C@@H](c1nnnn1Cc1ccco1)N1CCN(Cc2ccccc2OC)CC1. The van der Waals surface area contributed by atoms with Crippen molar-refractivity contribution in [2.24, 2.45) is 0 Å². The molecular formula is C21H28N6O2. The summed E-state index contributed by atoms with van der Waals surface area (Å²) in [5.74, 6) is 2.72. The maximum atomic E-state index is 5.50. The number of hydrogen-bond acceptors (Lipinski definition) is 7. The molecule has 1 fully saturated rings. The number of para-hydroxylation sites is 1. The van der Waals surface area contributed by atoms with Gasteiger partial charge in [0.1, 0.15) is 18.1 Å². The first kappa shape index (κ1) is 19.6. The summed E-state index contributed by atoms with van der Waals surface area (Å²) < 4.78 is 12.8. The fourth-order valence-corrected chi connectivity index (χ4v) is 4.02. The molecule has 3 heterocycles. The van der Waals surface area contributed by atoms with Gasteiger partial charge in [0, 0.05) is 38.3 Å². The number of ether oxygens (including phenoxy) is 1. The zero-order chi connectivity index (χ0) is 20.1. The van der Waals surface area contributed by atoms with Crippen LogP contribution in [0.25, 0.3) is 0 Å². The van der Waals surface area contributed by atoms with Gasteiger partial charge in [-0.15, -0.1) is 5.10 Å². The molecule has 1 atom stereocenters. The Bertz CT molecular complexity index is 886. The lowest BCUT2D eigenvalue weighted by atomic mass is 10.1. The summed E-state index contributed by atoms with van der Waals surface area (Å²) in [6, 6.07) is 12.3. The van der Waals surface area contributed by atoms with Crippen molar-refractivity contribution in [2.45, 2.75) is 32.5 Å². The minimum absolute atomic E-state index is 0.202. The summed E-state index contributed by atoms with van der Waals surface area (Å²) in [7, 11) is 1.73. The van der Waals surface area contributed by atoms with Gasteiger partial charge in [0.05, 0.1) is 19.4 Å². The van der Waals surface area contributed by atoms with Gasteiger partial charge < -0.3 is 9.15 Å². The molecule has 1 saturated heterocycles. The Morgan fingerprint density at radius 2 is 1.90 bits per heavy atom. The number of hydrogen-bond donors (Lipinski definition) is 0. The number of benzene rings is 1. The van der Waals surface area contributed by atoms with E-state index in [-0.39, 0.29) is 6.04 Å². The Hall–Kier alpha value is -2.71. The van der Waals surface area contributed by atoms with E-state index in [0.717, 1.165) is 56.5 Å². The highest BCUT2D eigenvalue weighted by Gasteiger charge is 2.28. The van der Waals surface area contributed by atoms with E-state index in [1.54, 1.807) is 13.4 Å². The van der Waals surface area contributed by atoms with Gasteiger partial charge in [0.2, 0.25) is 0 Å². The third kappa shape index (κ3) is 4.49. The molecule has 1 aromatic carbocycles. The Labute approximate surface area is 171 Å². The third-order valence-corrected chi connectivity index (χ3v) is 5.56. The second-order valence-electron chi connectivity index (χ2n) is 7.32. The van der Waals surface area contributed by atoms with Gasteiger partial charge in [-0.1, -0.05) is 25.1 Å². The molecule has 0 bridgehead atoms. The van der Waals surface area contributed by atoms with Gasteiger partial charge in [0.15, 0.2) is 5.82 Å². The quantitative estimate of drug-likeness (QED) is 0.579. The first-order chi connectivity index (χ1) is 14.3. The predicted octanol–water partition coefficient (Wildman–Crippen LogP) is 2.59. The molecule has 4 rings (SSSR count). The molecule has 29 heavy (non-hydrogen) atoms. The molecule has 8 nitrogen and oxygen atoms in total. The third-order valence-electron chi connectivity index (χ3n) is 5.56. The summed E-state index contributed by atoms with van der Waals surface area (Å²) in [4.78, 5) is 4.97. The van der Waals surface area contributed by atoms with Gasteiger partial charge in [-0.05, 0) is 35.0 Å². The first-order valence-corrected chi connectivity index (χ1v) is 10.1. The molecule has 3 aromatic rings. The van der Waals surface area contributed by atoms with Crippen LogP contribution in [0.3, 0.4) is 0 Å². The van der Waals surface area contributed by atoms with Crippen LogP contribution >= 0.6 is 0 Å². The molecule has 0 aliphatic carbocycles. The smallest absolute Gasteiger partial charge is 0.168 e. The lowest BCUT2D eigenvalue weighted by Gasteiger charge is -2.38. The Kier molecular flexibility index (Phi) is 6.21. The molecule has 1 aliphatic rings. The van der Waals surface area contributed by atoms with Crippen molar-refractivity contribution in [3.63, 3.8) is 0 Å². The normalized spacial score (nSPS) is 16.8. The van der Waals surface area contributed by atoms with E-state index in [4.69, 9.17) is 9.15 Å². The topological polar surface area (TPSA) is 72.5 Å². The fourth-order valence-electron chi connectivity index (χ4n) is 4.02. The number of nitrogens with zero attached hydrogens (tertiary/aromatic N) is 6. The van der Waals surface area contributed by atoms with Crippen LogP contribution in [0, 0.1) is 0 Å². The molecule has 8 heteroatoms. The van der Waals surface area contributed by atoms with Gasteiger partial charge in [-0.25, -0.2) is 4.68 Å². The van der Waals surface area contributed by atoms with Gasteiger partial charge in [-0.2, -0.15) is 0 Å². The van der Waals surface area contributed by atoms with Crippen molar-refractivity contribution in [3.8, 4) is 5.75 Å². The summed E-state index contributed by atoms with van der Waals surface area (Å²) in [6.07, 6.45) is 2.64. The molecular weight excluding hydrogens is 368 g/mol. The zero-order valence-corrected chi connectivity index (χ0v) is 17.1. The Morgan fingerprint density at radius 3 is 2.62 bits per heavy atom. The van der Waals surface area contributed by atoms with E-state index in [2.05, 4.69) is 44.4 Å². The summed E-state index contributed by atoms with van der Waals surface area (Å²) >= 11 is 0. The molecule has 154 valence electrons. The van der Waals surface area contributed by atoms with E-state index in [1.165, 1.54) is 5.56 Å². The van der Waals surface area contributed by atoms with Gasteiger partial charge in [-0.3, -0.25) is 9.80 Å². The van der Waals surface area contributed by atoms with Crippen LogP contribution in [0.15, 0.2) is 47.1 Å². The van der Waals surface area contributed by atoms with Crippen LogP contribution in [-0.2, 0) is 13.1 Å². The highest BCUT2D eigenvalue weighted by molar-refractivity contribution is 5.33. The molecule has 0 spiro atoms. The monoisotopic (exact) mass is 396 g/mol. The average molecular weight is 396 g/mol. The maximum absolute atomic E-state index is 5.50. The maximum Gasteiger partial charge on any atom is 0.168 e. The first-order valence-electron chi connectivity index (χ1n) is 10.1. The van der Waals surface area contributed by atoms with Crippen LogP contribution in [0.4, 0.5) is 0 Å². The summed E-state index contributed by atoms with van der Waals surface area (Å²) in [5, 5.41) is 12.5. The number of aromatic nitrogens is 4. The highest BCUT2D eigenvalue weighted by atomic mass is 16.5. The number of furan rings is 1.